The van der Waals surface area contributed by atoms with Crippen molar-refractivity contribution in [3.63, 3.8) is 0 Å². The van der Waals surface area contributed by atoms with Crippen molar-refractivity contribution in [2.75, 3.05) is 5.32 Å². The highest BCUT2D eigenvalue weighted by Gasteiger charge is 2.03. The van der Waals surface area contributed by atoms with Gasteiger partial charge in [0, 0.05) is 22.3 Å². The molecule has 0 radical (unpaired) electrons. The van der Waals surface area contributed by atoms with Crippen molar-refractivity contribution in [3.05, 3.63) is 54.4 Å². The van der Waals surface area contributed by atoms with E-state index < -0.39 is 0 Å². The molecule has 0 aliphatic rings. The summed E-state index contributed by atoms with van der Waals surface area (Å²) in [6.45, 7) is 7.55. The number of nitrogens with one attached hydrogen (secondary N) is 1. The van der Waals surface area contributed by atoms with Crippen LogP contribution >= 0.6 is 12.2 Å². The lowest BCUT2D eigenvalue weighted by Crippen LogP contribution is -2.01. The zero-order chi connectivity index (χ0) is 12.7. The Morgan fingerprint density at radius 3 is 2.71 bits per heavy atom. The maximum absolute atomic E-state index is 4.89. The third-order valence-electron chi connectivity index (χ3n) is 2.29. The normalized spacial score (nSPS) is 12.1. The van der Waals surface area contributed by atoms with Crippen LogP contribution in [0.4, 0.5) is 5.69 Å². The van der Waals surface area contributed by atoms with Crippen molar-refractivity contribution in [1.29, 1.82) is 0 Å². The fourth-order valence-electron chi connectivity index (χ4n) is 1.45. The van der Waals surface area contributed by atoms with Crippen LogP contribution in [0.1, 0.15) is 19.4 Å². The Labute approximate surface area is 108 Å². The molecule has 0 atom stereocenters. The number of hydrogen-bond donors (Lipinski definition) is 1. The molecular formula is C14H16N2S. The standard InChI is InChI=1S/C14H16N2S/c1-4-12(10-17)16-11(3)13-8-6-7-9-14(13)15-5-2/h4-10,15H,2H2,1,3H3/b12-4-,16-11?. The van der Waals surface area contributed by atoms with Crippen molar-refractivity contribution in [2.45, 2.75) is 13.8 Å². The number of para-hydroxylation sites is 1. The summed E-state index contributed by atoms with van der Waals surface area (Å²) in [7, 11) is 0. The van der Waals surface area contributed by atoms with Crippen LogP contribution in [0.25, 0.3) is 0 Å². The van der Waals surface area contributed by atoms with Gasteiger partial charge in [0.2, 0.25) is 0 Å². The minimum Gasteiger partial charge on any atom is -0.362 e. The molecule has 0 heterocycles. The molecule has 1 rings (SSSR count). The molecule has 0 amide bonds. The minimum absolute atomic E-state index is 0.797. The van der Waals surface area contributed by atoms with Crippen LogP contribution in [-0.2, 0) is 0 Å². The van der Waals surface area contributed by atoms with Crippen molar-refractivity contribution in [3.8, 4) is 0 Å². The summed E-state index contributed by atoms with van der Waals surface area (Å²) in [5, 5.41) is 4.67. The van der Waals surface area contributed by atoms with Crippen LogP contribution in [0.5, 0.6) is 0 Å². The molecule has 0 aromatic heterocycles. The SMILES string of the molecule is C=CNc1ccccc1C(C)=N/C(C=S)=C\C. The number of rotatable bonds is 5. The lowest BCUT2D eigenvalue weighted by Gasteiger charge is -2.08. The number of benzene rings is 1. The lowest BCUT2D eigenvalue weighted by molar-refractivity contribution is 1.42. The third-order valence-corrected chi connectivity index (χ3v) is 2.53. The summed E-state index contributed by atoms with van der Waals surface area (Å²) >= 11 is 4.89. The molecule has 0 unspecified atom stereocenters. The van der Waals surface area contributed by atoms with E-state index in [0.717, 1.165) is 22.7 Å². The summed E-state index contributed by atoms with van der Waals surface area (Å²) < 4.78 is 0. The zero-order valence-corrected chi connectivity index (χ0v) is 10.9. The topological polar surface area (TPSA) is 24.4 Å². The Kier molecular flexibility index (Phi) is 5.30. The van der Waals surface area contributed by atoms with Gasteiger partial charge in [-0.1, -0.05) is 43.1 Å². The number of aliphatic imine (C=N–C) groups is 1. The van der Waals surface area contributed by atoms with Crippen molar-refractivity contribution in [2.24, 2.45) is 4.99 Å². The van der Waals surface area contributed by atoms with Gasteiger partial charge in [0.05, 0.1) is 5.70 Å². The summed E-state index contributed by atoms with van der Waals surface area (Å²) in [6, 6.07) is 7.96. The highest BCUT2D eigenvalue weighted by atomic mass is 32.1. The molecule has 0 fully saturated rings. The van der Waals surface area contributed by atoms with Crippen molar-refractivity contribution < 1.29 is 0 Å². The van der Waals surface area contributed by atoms with E-state index in [9.17, 15) is 0 Å². The molecule has 2 nitrogen and oxygen atoms in total. The number of allylic oxidation sites excluding steroid dienone is 2. The van der Waals surface area contributed by atoms with Gasteiger partial charge in [0.1, 0.15) is 0 Å². The summed E-state index contributed by atoms with van der Waals surface area (Å²) in [6.07, 6.45) is 3.54. The Hall–Kier alpha value is -1.74. The lowest BCUT2D eigenvalue weighted by atomic mass is 10.1. The maximum atomic E-state index is 4.89. The molecule has 0 aliphatic carbocycles. The number of anilines is 1. The first-order chi connectivity index (χ1) is 8.22. The highest BCUT2D eigenvalue weighted by Crippen LogP contribution is 2.16. The predicted molar refractivity (Wildman–Crippen MR) is 79.9 cm³/mol. The van der Waals surface area contributed by atoms with E-state index in [-0.39, 0.29) is 0 Å². The van der Waals surface area contributed by atoms with Gasteiger partial charge >= 0.3 is 0 Å². The Morgan fingerprint density at radius 2 is 2.12 bits per heavy atom. The van der Waals surface area contributed by atoms with Gasteiger partial charge < -0.3 is 5.32 Å². The summed E-state index contributed by atoms with van der Waals surface area (Å²) in [5.74, 6) is 0. The number of nitrogens with zero attached hydrogens (tertiary/aromatic N) is 1. The number of thiocarbonyl (C=S) groups is 1. The second-order valence-corrected chi connectivity index (χ2v) is 3.66. The molecule has 0 bridgehead atoms. The van der Waals surface area contributed by atoms with E-state index in [1.807, 2.05) is 44.2 Å². The van der Waals surface area contributed by atoms with E-state index >= 15 is 0 Å². The van der Waals surface area contributed by atoms with Crippen LogP contribution in [0.15, 0.2) is 53.8 Å². The van der Waals surface area contributed by atoms with E-state index in [1.54, 1.807) is 11.6 Å². The molecule has 1 N–H and O–H groups in total. The average Bonchev–Trinajstić information content (AvgIpc) is 2.36. The average molecular weight is 244 g/mol. The Balaban J connectivity index is 3.15. The van der Waals surface area contributed by atoms with E-state index in [2.05, 4.69) is 16.9 Å². The molecule has 3 heteroatoms. The molecule has 0 spiro atoms. The van der Waals surface area contributed by atoms with Crippen molar-refractivity contribution >= 4 is 29.0 Å². The minimum atomic E-state index is 0.797. The van der Waals surface area contributed by atoms with Crippen LogP contribution in [-0.4, -0.2) is 11.1 Å². The quantitative estimate of drug-likeness (QED) is 0.482. The first-order valence-electron chi connectivity index (χ1n) is 5.36. The highest BCUT2D eigenvalue weighted by molar-refractivity contribution is 7.79. The fourth-order valence-corrected chi connectivity index (χ4v) is 1.64. The molecule has 88 valence electrons. The zero-order valence-electron chi connectivity index (χ0n) is 10.1. The Morgan fingerprint density at radius 1 is 1.41 bits per heavy atom. The van der Waals surface area contributed by atoms with Gasteiger partial charge in [-0.2, -0.15) is 0 Å². The van der Waals surface area contributed by atoms with E-state index in [0.29, 0.717) is 0 Å². The van der Waals surface area contributed by atoms with Gasteiger partial charge in [-0.25, -0.2) is 0 Å². The molecule has 17 heavy (non-hydrogen) atoms. The molecule has 1 aromatic rings. The predicted octanol–water partition coefficient (Wildman–Crippen LogP) is 3.95. The van der Waals surface area contributed by atoms with Crippen LogP contribution < -0.4 is 5.32 Å². The van der Waals surface area contributed by atoms with Gasteiger partial charge in [-0.15, -0.1) is 0 Å². The van der Waals surface area contributed by atoms with Crippen molar-refractivity contribution in [1.82, 2.24) is 0 Å². The van der Waals surface area contributed by atoms with Gasteiger partial charge in [-0.3, -0.25) is 4.99 Å². The van der Waals surface area contributed by atoms with Gasteiger partial charge in [0.25, 0.3) is 0 Å². The molecule has 0 saturated heterocycles. The van der Waals surface area contributed by atoms with Crippen LogP contribution in [0.2, 0.25) is 0 Å². The summed E-state index contributed by atoms with van der Waals surface area (Å²) in [4.78, 5) is 4.47. The van der Waals surface area contributed by atoms with E-state index in [1.165, 1.54) is 0 Å². The van der Waals surface area contributed by atoms with E-state index in [4.69, 9.17) is 12.2 Å². The summed E-state index contributed by atoms with van der Waals surface area (Å²) in [5.41, 5.74) is 3.75. The smallest absolute Gasteiger partial charge is 0.0697 e. The number of hydrogen-bond acceptors (Lipinski definition) is 3. The third kappa shape index (κ3) is 3.64. The molecule has 0 aliphatic heterocycles. The van der Waals surface area contributed by atoms with Gasteiger partial charge in [-0.05, 0) is 26.1 Å². The fraction of sp³-hybridized carbons (Fsp3) is 0.143. The first-order valence-corrected chi connectivity index (χ1v) is 5.83. The van der Waals surface area contributed by atoms with Gasteiger partial charge in [0.15, 0.2) is 0 Å². The molecule has 0 saturated carbocycles. The first kappa shape index (κ1) is 13.3. The monoisotopic (exact) mass is 244 g/mol. The van der Waals surface area contributed by atoms with Crippen LogP contribution in [0.3, 0.4) is 0 Å². The second-order valence-electron chi connectivity index (χ2n) is 3.42. The second kappa shape index (κ2) is 6.76. The Bertz CT molecular complexity index is 473. The largest absolute Gasteiger partial charge is 0.362 e. The molecular weight excluding hydrogens is 228 g/mol. The maximum Gasteiger partial charge on any atom is 0.0697 e. The van der Waals surface area contributed by atoms with Crippen LogP contribution in [0, 0.1) is 0 Å². The molecule has 1 aromatic carbocycles.